The molecule has 2 amide bonds. The van der Waals surface area contributed by atoms with Crippen molar-refractivity contribution in [3.63, 3.8) is 0 Å². The number of amides is 2. The Morgan fingerprint density at radius 2 is 1.70 bits per heavy atom. The molecule has 2 heterocycles. The van der Waals surface area contributed by atoms with Crippen LogP contribution in [0.3, 0.4) is 0 Å². The van der Waals surface area contributed by atoms with Crippen molar-refractivity contribution in [3.05, 3.63) is 82.2 Å². The second-order valence-corrected chi connectivity index (χ2v) is 7.94. The lowest BCUT2D eigenvalue weighted by Gasteiger charge is -2.28. The van der Waals surface area contributed by atoms with Crippen molar-refractivity contribution < 1.29 is 9.53 Å². The molecule has 30 heavy (non-hydrogen) atoms. The predicted octanol–water partition coefficient (Wildman–Crippen LogP) is 4.34. The topological polar surface area (TPSA) is 59.4 Å². The average Bonchev–Trinajstić information content (AvgIpc) is 3.06. The average molecular weight is 405 g/mol. The minimum Gasteiger partial charge on any atom is -0.370 e. The predicted molar refractivity (Wildman–Crippen MR) is 117 cm³/mol. The van der Waals surface area contributed by atoms with Crippen molar-refractivity contribution in [1.82, 2.24) is 14.7 Å². The molecule has 6 nitrogen and oxygen atoms in total. The Labute approximate surface area is 177 Å². The number of fused-ring (bicyclic) bond motifs is 1. The maximum atomic E-state index is 12.8. The molecule has 1 N–H and O–H groups in total. The number of hydrogen-bond donors (Lipinski definition) is 1. The third kappa shape index (κ3) is 4.54. The highest BCUT2D eigenvalue weighted by Gasteiger charge is 2.26. The number of nitrogens with zero attached hydrogens (tertiary/aromatic N) is 3. The van der Waals surface area contributed by atoms with Gasteiger partial charge in [0.05, 0.1) is 25.5 Å². The highest BCUT2D eigenvalue weighted by Crippen LogP contribution is 2.24. The first kappa shape index (κ1) is 20.2. The number of carbonyl (C=O) groups is 1. The lowest BCUT2D eigenvalue weighted by Crippen LogP contribution is -2.39. The Balaban J connectivity index is 1.40. The van der Waals surface area contributed by atoms with Gasteiger partial charge in [-0.25, -0.2) is 4.79 Å². The third-order valence-electron chi connectivity index (χ3n) is 5.54. The summed E-state index contributed by atoms with van der Waals surface area (Å²) in [5, 5.41) is 7.65. The summed E-state index contributed by atoms with van der Waals surface area (Å²) < 4.78 is 7.86. The van der Waals surface area contributed by atoms with Crippen molar-refractivity contribution in [2.24, 2.45) is 7.05 Å². The monoisotopic (exact) mass is 404 g/mol. The van der Waals surface area contributed by atoms with E-state index in [9.17, 15) is 4.79 Å². The van der Waals surface area contributed by atoms with Crippen molar-refractivity contribution >= 4 is 11.7 Å². The number of aromatic nitrogens is 2. The smallest absolute Gasteiger partial charge is 0.322 e. The van der Waals surface area contributed by atoms with Crippen molar-refractivity contribution in [2.45, 2.75) is 40.0 Å². The van der Waals surface area contributed by atoms with Gasteiger partial charge in [-0.3, -0.25) is 4.68 Å². The van der Waals surface area contributed by atoms with Crippen LogP contribution in [0.15, 0.2) is 48.5 Å². The Morgan fingerprint density at radius 3 is 2.40 bits per heavy atom. The van der Waals surface area contributed by atoms with Gasteiger partial charge in [-0.15, -0.1) is 0 Å². The van der Waals surface area contributed by atoms with Gasteiger partial charge in [-0.2, -0.15) is 5.10 Å². The van der Waals surface area contributed by atoms with E-state index in [0.717, 1.165) is 28.9 Å². The maximum absolute atomic E-state index is 12.8. The molecule has 1 aliphatic heterocycles. The highest BCUT2D eigenvalue weighted by atomic mass is 16.5. The zero-order valence-corrected chi connectivity index (χ0v) is 17.8. The molecule has 0 atom stereocenters. The molecule has 1 aliphatic rings. The van der Waals surface area contributed by atoms with Gasteiger partial charge in [0.1, 0.15) is 0 Å². The van der Waals surface area contributed by atoms with Crippen LogP contribution in [0.25, 0.3) is 0 Å². The Morgan fingerprint density at radius 1 is 1.03 bits per heavy atom. The molecule has 4 rings (SSSR count). The number of hydrogen-bond acceptors (Lipinski definition) is 3. The lowest BCUT2D eigenvalue weighted by molar-refractivity contribution is 0.103. The molecule has 0 fully saturated rings. The van der Waals surface area contributed by atoms with Crippen LogP contribution < -0.4 is 5.32 Å². The van der Waals surface area contributed by atoms with E-state index in [1.54, 1.807) is 0 Å². The standard InChI is InChI=1S/C24H28N4O2/c1-17-4-8-19(9-5-17)15-30-16-22-21-14-28(13-12-23(21)27(3)26-22)24(29)25-20-10-6-18(2)7-11-20/h4-11H,12-16H2,1-3H3,(H,25,29). The number of aryl methyl sites for hydroxylation is 3. The number of rotatable bonds is 5. The van der Waals surface area contributed by atoms with Gasteiger partial charge in [0, 0.05) is 37.0 Å². The summed E-state index contributed by atoms with van der Waals surface area (Å²) in [7, 11) is 1.96. The molecular weight excluding hydrogens is 376 g/mol. The molecule has 156 valence electrons. The molecule has 0 aliphatic carbocycles. The fourth-order valence-corrected chi connectivity index (χ4v) is 3.75. The van der Waals surface area contributed by atoms with Crippen LogP contribution in [0.1, 0.15) is 33.6 Å². The summed E-state index contributed by atoms with van der Waals surface area (Å²) in [4.78, 5) is 14.6. The minimum absolute atomic E-state index is 0.0834. The van der Waals surface area contributed by atoms with Gasteiger partial charge >= 0.3 is 6.03 Å². The van der Waals surface area contributed by atoms with Crippen LogP contribution in [0, 0.1) is 13.8 Å². The summed E-state index contributed by atoms with van der Waals surface area (Å²) in [6, 6.07) is 16.1. The molecule has 0 saturated heterocycles. The zero-order valence-electron chi connectivity index (χ0n) is 17.8. The van der Waals surface area contributed by atoms with Crippen molar-refractivity contribution in [2.75, 3.05) is 11.9 Å². The third-order valence-corrected chi connectivity index (χ3v) is 5.54. The van der Waals surface area contributed by atoms with Crippen LogP contribution in [-0.2, 0) is 38.0 Å². The molecule has 1 aromatic heterocycles. The fraction of sp³-hybridized carbons (Fsp3) is 0.333. The summed E-state index contributed by atoms with van der Waals surface area (Å²) in [6.07, 6.45) is 0.790. The molecule has 0 radical (unpaired) electrons. The van der Waals surface area contributed by atoms with Crippen LogP contribution >= 0.6 is 0 Å². The van der Waals surface area contributed by atoms with Gasteiger partial charge in [0.2, 0.25) is 0 Å². The van der Waals surface area contributed by atoms with E-state index < -0.39 is 0 Å². The number of benzene rings is 2. The summed E-state index contributed by atoms with van der Waals surface area (Å²) in [5.41, 5.74) is 7.55. The molecule has 0 unspecified atom stereocenters. The van der Waals surface area contributed by atoms with E-state index in [1.807, 2.05) is 47.8 Å². The molecule has 6 heteroatoms. The van der Waals surface area contributed by atoms with Crippen LogP contribution in [0.4, 0.5) is 10.5 Å². The fourth-order valence-electron chi connectivity index (χ4n) is 3.75. The molecule has 0 saturated carbocycles. The number of ether oxygens (including phenoxy) is 1. The number of anilines is 1. The number of urea groups is 1. The first-order valence-electron chi connectivity index (χ1n) is 10.3. The molecular formula is C24H28N4O2. The minimum atomic E-state index is -0.0834. The van der Waals surface area contributed by atoms with Crippen molar-refractivity contribution in [1.29, 1.82) is 0 Å². The van der Waals surface area contributed by atoms with Gasteiger partial charge in [-0.1, -0.05) is 47.5 Å². The number of carbonyl (C=O) groups excluding carboxylic acids is 1. The van der Waals surface area contributed by atoms with Crippen molar-refractivity contribution in [3.8, 4) is 0 Å². The second-order valence-electron chi connectivity index (χ2n) is 7.94. The molecule has 3 aromatic rings. The lowest BCUT2D eigenvalue weighted by atomic mass is 10.1. The van der Waals surface area contributed by atoms with Gasteiger partial charge < -0.3 is 15.0 Å². The van der Waals surface area contributed by atoms with Gasteiger partial charge in [0.25, 0.3) is 0 Å². The largest absolute Gasteiger partial charge is 0.370 e. The van der Waals surface area contributed by atoms with E-state index >= 15 is 0 Å². The van der Waals surface area contributed by atoms with E-state index in [2.05, 4.69) is 41.6 Å². The van der Waals surface area contributed by atoms with Crippen LogP contribution in [0.2, 0.25) is 0 Å². The molecule has 0 spiro atoms. The molecule has 2 aromatic carbocycles. The van der Waals surface area contributed by atoms with E-state index in [1.165, 1.54) is 16.8 Å². The Kier molecular flexibility index (Phi) is 5.86. The van der Waals surface area contributed by atoms with E-state index in [-0.39, 0.29) is 6.03 Å². The summed E-state index contributed by atoms with van der Waals surface area (Å²) in [6.45, 7) is 6.31. The highest BCUT2D eigenvalue weighted by molar-refractivity contribution is 5.89. The van der Waals surface area contributed by atoms with E-state index in [4.69, 9.17) is 4.74 Å². The second kappa shape index (κ2) is 8.71. The van der Waals surface area contributed by atoms with Crippen LogP contribution in [-0.4, -0.2) is 27.3 Å². The summed E-state index contributed by atoms with van der Waals surface area (Å²) >= 11 is 0. The number of nitrogens with one attached hydrogen (secondary N) is 1. The summed E-state index contributed by atoms with van der Waals surface area (Å²) in [5.74, 6) is 0. The maximum Gasteiger partial charge on any atom is 0.322 e. The quantitative estimate of drug-likeness (QED) is 0.688. The first-order valence-corrected chi connectivity index (χ1v) is 10.3. The van der Waals surface area contributed by atoms with Crippen LogP contribution in [0.5, 0.6) is 0 Å². The Bertz CT molecular complexity index is 1020. The van der Waals surface area contributed by atoms with Gasteiger partial charge in [-0.05, 0) is 31.5 Å². The SMILES string of the molecule is Cc1ccc(COCc2nn(C)c3c2CN(C(=O)Nc2ccc(C)cc2)CC3)cc1. The Hall–Kier alpha value is -3.12. The van der Waals surface area contributed by atoms with Gasteiger partial charge in [0.15, 0.2) is 0 Å². The molecule has 0 bridgehead atoms. The van der Waals surface area contributed by atoms with E-state index in [0.29, 0.717) is 26.3 Å². The normalized spacial score (nSPS) is 13.2. The zero-order chi connectivity index (χ0) is 21.1. The first-order chi connectivity index (χ1) is 14.5.